The van der Waals surface area contributed by atoms with Gasteiger partial charge in [-0.15, -0.1) is 0 Å². The summed E-state index contributed by atoms with van der Waals surface area (Å²) in [6, 6.07) is 6.24. The van der Waals surface area contributed by atoms with Gasteiger partial charge in [0.25, 0.3) is 10.0 Å². The van der Waals surface area contributed by atoms with E-state index in [1.807, 2.05) is 20.8 Å². The largest absolute Gasteiger partial charge is 0.491 e. The number of hydrogen-bond acceptors (Lipinski definition) is 4. The maximum Gasteiger partial charge on any atom is 0.264 e. The van der Waals surface area contributed by atoms with Gasteiger partial charge >= 0.3 is 0 Å². The summed E-state index contributed by atoms with van der Waals surface area (Å²) in [5.74, 6) is 0.629. The molecule has 25 heavy (non-hydrogen) atoms. The third-order valence-corrected chi connectivity index (χ3v) is 7.15. The van der Waals surface area contributed by atoms with Crippen LogP contribution in [0.1, 0.15) is 33.3 Å². The molecule has 6 heteroatoms. The van der Waals surface area contributed by atoms with E-state index in [2.05, 4.69) is 0 Å². The SMILES string of the molecule is CC(=O)C1(C)C=CN(S(=O)(=O)c2ccc(C)cc2)C2C(C)=C(C)OC21. The molecular weight excluding hydrogens is 338 g/mol. The van der Waals surface area contributed by atoms with E-state index in [0.717, 1.165) is 11.1 Å². The van der Waals surface area contributed by atoms with Crippen LogP contribution in [0.5, 0.6) is 0 Å². The monoisotopic (exact) mass is 361 g/mol. The van der Waals surface area contributed by atoms with E-state index in [-0.39, 0.29) is 10.7 Å². The van der Waals surface area contributed by atoms with Crippen molar-refractivity contribution in [2.24, 2.45) is 5.41 Å². The molecule has 2 aliphatic heterocycles. The fraction of sp³-hybridized carbons (Fsp3) is 0.421. The number of ether oxygens (including phenoxy) is 1. The average Bonchev–Trinajstić information content (AvgIpc) is 2.85. The molecule has 0 amide bonds. The fourth-order valence-electron chi connectivity index (χ4n) is 3.35. The lowest BCUT2D eigenvalue weighted by atomic mass is 9.75. The maximum absolute atomic E-state index is 13.2. The van der Waals surface area contributed by atoms with Crippen molar-refractivity contribution in [1.29, 1.82) is 0 Å². The van der Waals surface area contributed by atoms with Gasteiger partial charge in [0.05, 0.1) is 16.1 Å². The molecule has 0 saturated carbocycles. The normalized spacial score (nSPS) is 28.8. The standard InChI is InChI=1S/C19H23NO4S/c1-12-6-8-16(9-7-12)25(22,23)20-11-10-19(5,15(4)21)18-17(20)13(2)14(3)24-18/h6-11,17-18H,1-5H3. The van der Waals surface area contributed by atoms with Crippen LogP contribution in [-0.4, -0.2) is 30.7 Å². The first-order chi connectivity index (χ1) is 11.6. The Morgan fingerprint density at radius 1 is 1.16 bits per heavy atom. The van der Waals surface area contributed by atoms with E-state index in [9.17, 15) is 13.2 Å². The lowest BCUT2D eigenvalue weighted by Gasteiger charge is -2.42. The quantitative estimate of drug-likeness (QED) is 0.829. The molecule has 0 N–H and O–H groups in total. The Hall–Kier alpha value is -2.08. The zero-order valence-corrected chi connectivity index (χ0v) is 15.9. The van der Waals surface area contributed by atoms with Gasteiger partial charge < -0.3 is 4.74 Å². The zero-order valence-electron chi connectivity index (χ0n) is 15.1. The molecule has 0 aromatic heterocycles. The van der Waals surface area contributed by atoms with E-state index >= 15 is 0 Å². The number of carbonyl (C=O) groups is 1. The number of rotatable bonds is 3. The summed E-state index contributed by atoms with van der Waals surface area (Å²) in [7, 11) is -3.74. The Morgan fingerprint density at radius 3 is 2.32 bits per heavy atom. The Balaban J connectivity index is 2.13. The van der Waals surface area contributed by atoms with Crippen LogP contribution in [0.3, 0.4) is 0 Å². The van der Waals surface area contributed by atoms with E-state index in [1.165, 1.54) is 17.4 Å². The number of Topliss-reactive ketones (excluding diaryl/α,β-unsaturated/α-hetero) is 1. The predicted molar refractivity (Wildman–Crippen MR) is 95.2 cm³/mol. The third kappa shape index (κ3) is 2.59. The van der Waals surface area contributed by atoms with Crippen LogP contribution < -0.4 is 0 Å². The summed E-state index contributed by atoms with van der Waals surface area (Å²) >= 11 is 0. The highest BCUT2D eigenvalue weighted by atomic mass is 32.2. The minimum atomic E-state index is -3.74. The minimum absolute atomic E-state index is 0.0476. The smallest absolute Gasteiger partial charge is 0.264 e. The molecule has 0 saturated heterocycles. The summed E-state index contributed by atoms with van der Waals surface area (Å²) in [6.07, 6.45) is 2.60. The van der Waals surface area contributed by atoms with E-state index in [1.54, 1.807) is 37.3 Å². The minimum Gasteiger partial charge on any atom is -0.491 e. The van der Waals surface area contributed by atoms with Crippen molar-refractivity contribution in [3.63, 3.8) is 0 Å². The van der Waals surface area contributed by atoms with Gasteiger partial charge in [0.1, 0.15) is 17.9 Å². The van der Waals surface area contributed by atoms with Crippen molar-refractivity contribution in [3.05, 3.63) is 53.4 Å². The number of hydrogen-bond donors (Lipinski definition) is 0. The molecular formula is C19H23NO4S. The first kappa shape index (κ1) is 17.7. The van der Waals surface area contributed by atoms with Gasteiger partial charge in [0.15, 0.2) is 0 Å². The molecule has 2 heterocycles. The van der Waals surface area contributed by atoms with Crippen LogP contribution in [0.2, 0.25) is 0 Å². The van der Waals surface area contributed by atoms with Gasteiger partial charge in [0.2, 0.25) is 0 Å². The zero-order chi connectivity index (χ0) is 18.6. The molecule has 5 nitrogen and oxygen atoms in total. The van der Waals surface area contributed by atoms with Gasteiger partial charge in [0, 0.05) is 6.20 Å². The van der Waals surface area contributed by atoms with Gasteiger partial charge in [-0.2, -0.15) is 0 Å². The van der Waals surface area contributed by atoms with Crippen molar-refractivity contribution in [2.45, 2.75) is 51.7 Å². The van der Waals surface area contributed by atoms with Crippen LogP contribution in [-0.2, 0) is 19.6 Å². The summed E-state index contributed by atoms with van der Waals surface area (Å²) in [4.78, 5) is 12.4. The molecule has 134 valence electrons. The first-order valence-electron chi connectivity index (χ1n) is 8.23. The van der Waals surface area contributed by atoms with Crippen LogP contribution in [0.25, 0.3) is 0 Å². The molecule has 0 radical (unpaired) electrons. The summed E-state index contributed by atoms with van der Waals surface area (Å²) in [6.45, 7) is 8.89. The molecule has 0 fully saturated rings. The van der Waals surface area contributed by atoms with E-state index < -0.39 is 27.6 Å². The van der Waals surface area contributed by atoms with Crippen molar-refractivity contribution in [3.8, 4) is 0 Å². The highest BCUT2D eigenvalue weighted by molar-refractivity contribution is 7.89. The molecule has 3 atom stereocenters. The second kappa shape index (κ2) is 5.73. The molecule has 3 rings (SSSR count). The summed E-state index contributed by atoms with van der Waals surface area (Å²) < 4.78 is 33.6. The van der Waals surface area contributed by atoms with Crippen molar-refractivity contribution >= 4 is 15.8 Å². The van der Waals surface area contributed by atoms with Crippen molar-refractivity contribution in [1.82, 2.24) is 4.31 Å². The lowest BCUT2D eigenvalue weighted by molar-refractivity contribution is -0.130. The second-order valence-corrected chi connectivity index (χ2v) is 8.87. The number of carbonyl (C=O) groups excluding carboxylic acids is 1. The number of ketones is 1. The fourth-order valence-corrected chi connectivity index (χ4v) is 4.87. The Morgan fingerprint density at radius 2 is 1.76 bits per heavy atom. The summed E-state index contributed by atoms with van der Waals surface area (Å²) in [5, 5.41) is 0. The summed E-state index contributed by atoms with van der Waals surface area (Å²) in [5.41, 5.74) is 0.965. The Kier molecular flexibility index (Phi) is 4.06. The van der Waals surface area contributed by atoms with Gasteiger partial charge in [-0.3, -0.25) is 9.10 Å². The van der Waals surface area contributed by atoms with Crippen LogP contribution in [0.15, 0.2) is 52.8 Å². The number of allylic oxidation sites excluding steroid dienone is 1. The van der Waals surface area contributed by atoms with E-state index in [4.69, 9.17) is 4.74 Å². The molecule has 0 spiro atoms. The second-order valence-electron chi connectivity index (χ2n) is 7.03. The predicted octanol–water partition coefficient (Wildman–Crippen LogP) is 3.17. The number of sulfonamides is 1. The molecule has 2 aliphatic rings. The molecule has 0 aliphatic carbocycles. The highest BCUT2D eigenvalue weighted by Gasteiger charge is 2.54. The van der Waals surface area contributed by atoms with Gasteiger partial charge in [-0.25, -0.2) is 8.42 Å². The average molecular weight is 361 g/mol. The number of fused-ring (bicyclic) bond motifs is 1. The van der Waals surface area contributed by atoms with Gasteiger partial charge in [-0.05, 0) is 52.3 Å². The Labute approximate surface area is 149 Å². The maximum atomic E-state index is 13.2. The number of benzene rings is 1. The topological polar surface area (TPSA) is 63.7 Å². The number of aryl methyl sites for hydroxylation is 1. The molecule has 3 unspecified atom stereocenters. The molecule has 1 aromatic carbocycles. The first-order valence-corrected chi connectivity index (χ1v) is 9.67. The van der Waals surface area contributed by atoms with Crippen molar-refractivity contribution in [2.75, 3.05) is 0 Å². The van der Waals surface area contributed by atoms with Gasteiger partial charge in [-0.1, -0.05) is 23.8 Å². The van der Waals surface area contributed by atoms with E-state index in [0.29, 0.717) is 5.76 Å². The molecule has 1 aromatic rings. The Bertz CT molecular complexity index is 883. The van der Waals surface area contributed by atoms with Crippen LogP contribution in [0, 0.1) is 12.3 Å². The van der Waals surface area contributed by atoms with Crippen LogP contribution in [0.4, 0.5) is 0 Å². The molecule has 0 bridgehead atoms. The third-order valence-electron chi connectivity index (χ3n) is 5.38. The van der Waals surface area contributed by atoms with Crippen molar-refractivity contribution < 1.29 is 17.9 Å². The number of nitrogens with zero attached hydrogens (tertiary/aromatic N) is 1. The highest BCUT2D eigenvalue weighted by Crippen LogP contribution is 2.45. The van der Waals surface area contributed by atoms with Crippen LogP contribution >= 0.6 is 0 Å². The lowest BCUT2D eigenvalue weighted by Crippen LogP contribution is -2.54.